The number of oxazole rings is 1. The summed E-state index contributed by atoms with van der Waals surface area (Å²) in [6.07, 6.45) is 3.31. The highest BCUT2D eigenvalue weighted by Crippen LogP contribution is 2.44. The van der Waals surface area contributed by atoms with Crippen LogP contribution in [-0.2, 0) is 6.54 Å². The van der Waals surface area contributed by atoms with Crippen molar-refractivity contribution in [3.8, 4) is 28.7 Å². The minimum atomic E-state index is 0.119. The van der Waals surface area contributed by atoms with Gasteiger partial charge < -0.3 is 18.6 Å². The van der Waals surface area contributed by atoms with Crippen LogP contribution < -0.4 is 14.2 Å². The summed E-state index contributed by atoms with van der Waals surface area (Å²) < 4.78 is 22.3. The number of benzene rings is 1. The van der Waals surface area contributed by atoms with Crippen molar-refractivity contribution in [3.05, 3.63) is 47.9 Å². The molecular formula is C20H22N4O4. The van der Waals surface area contributed by atoms with E-state index in [1.165, 1.54) is 0 Å². The zero-order valence-corrected chi connectivity index (χ0v) is 16.3. The zero-order chi connectivity index (χ0) is 19.7. The minimum Gasteiger partial charge on any atom is -0.493 e. The number of aryl methyl sites for hydroxylation is 1. The van der Waals surface area contributed by atoms with Gasteiger partial charge in [-0.2, -0.15) is 0 Å². The van der Waals surface area contributed by atoms with Crippen LogP contribution in [-0.4, -0.2) is 40.8 Å². The van der Waals surface area contributed by atoms with E-state index in [0.29, 0.717) is 29.7 Å². The number of fused-ring (bicyclic) bond motifs is 1. The third-order valence-electron chi connectivity index (χ3n) is 4.89. The molecule has 1 atom stereocenters. The maximum atomic E-state index is 5.93. The molecule has 1 aliphatic rings. The molecule has 0 radical (unpaired) electrons. The summed E-state index contributed by atoms with van der Waals surface area (Å²) in [6.45, 7) is 4.82. The number of methoxy groups -OCH3 is 1. The topological polar surface area (TPSA) is 82.7 Å². The molecule has 0 N–H and O–H groups in total. The van der Waals surface area contributed by atoms with Crippen LogP contribution in [0.2, 0.25) is 0 Å². The Balaban J connectivity index is 1.58. The van der Waals surface area contributed by atoms with Crippen LogP contribution in [0.4, 0.5) is 0 Å². The molecule has 8 nitrogen and oxygen atoms in total. The maximum absolute atomic E-state index is 5.93. The van der Waals surface area contributed by atoms with Gasteiger partial charge in [-0.3, -0.25) is 4.90 Å². The number of nitrogens with zero attached hydrogens (tertiary/aromatic N) is 4. The van der Waals surface area contributed by atoms with Crippen LogP contribution in [0, 0.1) is 6.92 Å². The number of ether oxygens (including phenoxy) is 3. The molecular weight excluding hydrogens is 360 g/mol. The number of rotatable bonds is 6. The Labute approximate surface area is 163 Å². The molecule has 2 aromatic heterocycles. The van der Waals surface area contributed by atoms with Gasteiger partial charge in [-0.1, -0.05) is 0 Å². The fraction of sp³-hybridized carbons (Fsp3) is 0.350. The van der Waals surface area contributed by atoms with E-state index in [4.69, 9.17) is 23.6 Å². The van der Waals surface area contributed by atoms with E-state index in [1.54, 1.807) is 19.6 Å². The second-order valence-electron chi connectivity index (χ2n) is 6.66. The van der Waals surface area contributed by atoms with Gasteiger partial charge in [0.25, 0.3) is 0 Å². The summed E-state index contributed by atoms with van der Waals surface area (Å²) in [5.41, 5.74) is 2.61. The third-order valence-corrected chi connectivity index (χ3v) is 4.89. The first-order chi connectivity index (χ1) is 13.6. The Hall–Kier alpha value is -3.13. The van der Waals surface area contributed by atoms with Crippen LogP contribution in [0.5, 0.6) is 17.2 Å². The molecule has 0 bridgehead atoms. The maximum Gasteiger partial charge on any atom is 0.231 e. The van der Waals surface area contributed by atoms with Gasteiger partial charge in [0.05, 0.1) is 18.5 Å². The molecule has 0 saturated heterocycles. The molecule has 0 aliphatic carbocycles. The van der Waals surface area contributed by atoms with Gasteiger partial charge in [-0.15, -0.1) is 0 Å². The lowest BCUT2D eigenvalue weighted by atomic mass is 10.2. The average Bonchev–Trinajstić information content (AvgIpc) is 3.34. The van der Waals surface area contributed by atoms with Crippen molar-refractivity contribution in [1.82, 2.24) is 19.9 Å². The van der Waals surface area contributed by atoms with Crippen molar-refractivity contribution in [3.63, 3.8) is 0 Å². The fourth-order valence-corrected chi connectivity index (χ4v) is 3.10. The van der Waals surface area contributed by atoms with Crippen molar-refractivity contribution in [2.75, 3.05) is 21.0 Å². The minimum absolute atomic E-state index is 0.119. The second-order valence-corrected chi connectivity index (χ2v) is 6.66. The van der Waals surface area contributed by atoms with Gasteiger partial charge in [-0.05, 0) is 39.1 Å². The van der Waals surface area contributed by atoms with Crippen molar-refractivity contribution < 1.29 is 18.6 Å². The summed E-state index contributed by atoms with van der Waals surface area (Å²) >= 11 is 0. The molecule has 0 amide bonds. The van der Waals surface area contributed by atoms with Crippen molar-refractivity contribution in [1.29, 1.82) is 0 Å². The molecule has 146 valence electrons. The van der Waals surface area contributed by atoms with Crippen molar-refractivity contribution >= 4 is 0 Å². The highest BCUT2D eigenvalue weighted by molar-refractivity contribution is 5.66. The number of aromatic nitrogens is 3. The largest absolute Gasteiger partial charge is 0.493 e. The summed E-state index contributed by atoms with van der Waals surface area (Å²) in [5.74, 6) is 3.12. The molecule has 0 saturated carbocycles. The Morgan fingerprint density at radius 2 is 2.14 bits per heavy atom. The monoisotopic (exact) mass is 382 g/mol. The lowest BCUT2D eigenvalue weighted by Crippen LogP contribution is -2.23. The van der Waals surface area contributed by atoms with E-state index >= 15 is 0 Å². The quantitative estimate of drug-likeness (QED) is 0.642. The van der Waals surface area contributed by atoms with E-state index in [1.807, 2.05) is 32.2 Å². The first kappa shape index (κ1) is 18.2. The summed E-state index contributed by atoms with van der Waals surface area (Å²) in [5, 5.41) is 0. The second kappa shape index (κ2) is 7.47. The van der Waals surface area contributed by atoms with Crippen molar-refractivity contribution in [2.24, 2.45) is 0 Å². The molecule has 0 spiro atoms. The van der Waals surface area contributed by atoms with Crippen molar-refractivity contribution in [2.45, 2.75) is 26.4 Å². The van der Waals surface area contributed by atoms with Gasteiger partial charge in [0.2, 0.25) is 18.4 Å². The average molecular weight is 382 g/mol. The van der Waals surface area contributed by atoms with E-state index in [0.717, 1.165) is 22.7 Å². The Kier molecular flexibility index (Phi) is 4.87. The Morgan fingerprint density at radius 1 is 1.29 bits per heavy atom. The SMILES string of the molecule is COc1cc(-c2nc(CN(C)[C@H](C)c3ccncn3)c(C)o2)cc2c1OCO2. The molecule has 0 fully saturated rings. The molecule has 3 aromatic rings. The van der Waals surface area contributed by atoms with Gasteiger partial charge >= 0.3 is 0 Å². The summed E-state index contributed by atoms with van der Waals surface area (Å²) in [7, 11) is 3.63. The van der Waals surface area contributed by atoms with E-state index in [-0.39, 0.29) is 12.8 Å². The lowest BCUT2D eigenvalue weighted by Gasteiger charge is -2.23. The Morgan fingerprint density at radius 3 is 2.89 bits per heavy atom. The van der Waals surface area contributed by atoms with Crippen LogP contribution in [0.15, 0.2) is 35.1 Å². The van der Waals surface area contributed by atoms with Gasteiger partial charge in [0, 0.05) is 24.3 Å². The Bertz CT molecular complexity index is 974. The summed E-state index contributed by atoms with van der Waals surface area (Å²) in [4.78, 5) is 15.2. The van der Waals surface area contributed by atoms with Gasteiger partial charge in [0.15, 0.2) is 11.5 Å². The third kappa shape index (κ3) is 3.38. The first-order valence-electron chi connectivity index (χ1n) is 8.97. The number of hydrogen-bond donors (Lipinski definition) is 0. The molecule has 4 rings (SSSR count). The molecule has 28 heavy (non-hydrogen) atoms. The van der Waals surface area contributed by atoms with E-state index in [2.05, 4.69) is 21.8 Å². The van der Waals surface area contributed by atoms with Crippen LogP contribution in [0.25, 0.3) is 11.5 Å². The van der Waals surface area contributed by atoms with Crippen LogP contribution >= 0.6 is 0 Å². The fourth-order valence-electron chi connectivity index (χ4n) is 3.10. The predicted octanol–water partition coefficient (Wildman–Crippen LogP) is 3.37. The molecule has 3 heterocycles. The van der Waals surface area contributed by atoms with E-state index < -0.39 is 0 Å². The van der Waals surface area contributed by atoms with Crippen LogP contribution in [0.1, 0.15) is 30.1 Å². The molecule has 8 heteroatoms. The lowest BCUT2D eigenvalue weighted by molar-refractivity contribution is 0.171. The highest BCUT2D eigenvalue weighted by Gasteiger charge is 2.23. The molecule has 0 unspecified atom stereocenters. The molecule has 1 aromatic carbocycles. The number of hydrogen-bond acceptors (Lipinski definition) is 8. The predicted molar refractivity (Wildman–Crippen MR) is 101 cm³/mol. The van der Waals surface area contributed by atoms with Gasteiger partial charge in [0.1, 0.15) is 12.1 Å². The molecule has 1 aliphatic heterocycles. The zero-order valence-electron chi connectivity index (χ0n) is 16.3. The summed E-state index contributed by atoms with van der Waals surface area (Å²) in [6, 6.07) is 5.73. The van der Waals surface area contributed by atoms with Crippen LogP contribution in [0.3, 0.4) is 0 Å². The standard InChI is InChI=1S/C20H22N4O4/c1-12(15-5-6-21-10-22-15)24(3)9-16-13(2)28-20(23-16)14-7-17(25-4)19-18(8-14)26-11-27-19/h5-8,10,12H,9,11H2,1-4H3/t12-/m1/s1. The normalized spacial score (nSPS) is 13.8. The van der Waals surface area contributed by atoms with E-state index in [9.17, 15) is 0 Å². The van der Waals surface area contributed by atoms with Gasteiger partial charge in [-0.25, -0.2) is 15.0 Å². The highest BCUT2D eigenvalue weighted by atomic mass is 16.7. The smallest absolute Gasteiger partial charge is 0.231 e. The first-order valence-corrected chi connectivity index (χ1v) is 8.97.